The van der Waals surface area contributed by atoms with Gasteiger partial charge in [-0.1, -0.05) is 0 Å². The zero-order chi connectivity index (χ0) is 39.1. The Hall–Kier alpha value is -4.10. The van der Waals surface area contributed by atoms with Gasteiger partial charge >= 0.3 is 348 Å². The molecule has 0 nitrogen and oxygen atoms in total. The van der Waals surface area contributed by atoms with Crippen LogP contribution in [0.25, 0.3) is 56.7 Å². The summed E-state index contributed by atoms with van der Waals surface area (Å²) < 4.78 is 1.09. The average molecular weight is 825 g/mol. The molecule has 0 bridgehead atoms. The van der Waals surface area contributed by atoms with Crippen molar-refractivity contribution in [1.82, 2.24) is 0 Å². The second-order valence-electron chi connectivity index (χ2n) is 16.9. The standard InChI is InChI=1S/2C26H25.C2H7Si.Zr/c2*1-4-5-20-16-25-23(21-10-6-18(2)7-11-21)14-15-24(26(25)17-20)22-12-8-19(3)9-13-22;1-3-2;/h2*6-17H,4-5H2,1-3H3;3H,1-2H3;. The van der Waals surface area contributed by atoms with Gasteiger partial charge in [-0.05, 0) is 0 Å². The van der Waals surface area contributed by atoms with Crippen molar-refractivity contribution in [2.45, 2.75) is 87.6 Å². The fourth-order valence-corrected chi connectivity index (χ4v) is 32.5. The first-order valence-corrected chi connectivity index (χ1v) is 31.0. The molecule has 0 N–H and O–H groups in total. The van der Waals surface area contributed by atoms with E-state index in [1.54, 1.807) is 22.3 Å². The molecular weight excluding hydrogens is 768 g/mol. The zero-order valence-corrected chi connectivity index (χ0v) is 38.4. The molecular formula is C54H57SiZr. The zero-order valence-electron chi connectivity index (χ0n) is 34.8. The van der Waals surface area contributed by atoms with Crippen molar-refractivity contribution >= 4 is 18.1 Å². The molecule has 0 saturated carbocycles. The predicted molar refractivity (Wildman–Crippen MR) is 244 cm³/mol. The Bertz CT molecular complexity index is 2260. The summed E-state index contributed by atoms with van der Waals surface area (Å²) in [5, 5.41) is 0. The molecule has 0 saturated heterocycles. The third kappa shape index (κ3) is 7.29. The minimum atomic E-state index is -2.52. The summed E-state index contributed by atoms with van der Waals surface area (Å²) in [6.07, 6.45) is 10.1. The molecule has 0 amide bonds. The molecule has 6 aromatic carbocycles. The van der Waals surface area contributed by atoms with Gasteiger partial charge in [-0.25, -0.2) is 0 Å². The number of fused-ring (bicyclic) bond motifs is 2. The van der Waals surface area contributed by atoms with Gasteiger partial charge in [0.15, 0.2) is 0 Å². The van der Waals surface area contributed by atoms with Gasteiger partial charge in [-0.2, -0.15) is 0 Å². The Kier molecular flexibility index (Phi) is 11.4. The first-order valence-electron chi connectivity index (χ1n) is 21.1. The van der Waals surface area contributed by atoms with E-state index < -0.39 is 26.8 Å². The summed E-state index contributed by atoms with van der Waals surface area (Å²) in [5.41, 5.74) is 26.1. The average Bonchev–Trinajstić information content (AvgIpc) is 3.75. The van der Waals surface area contributed by atoms with E-state index in [4.69, 9.17) is 0 Å². The van der Waals surface area contributed by atoms with Gasteiger partial charge in [-0.3, -0.25) is 0 Å². The molecule has 8 rings (SSSR count). The van der Waals surface area contributed by atoms with Gasteiger partial charge in [-0.15, -0.1) is 0 Å². The Morgan fingerprint density at radius 3 is 0.982 bits per heavy atom. The first-order chi connectivity index (χ1) is 27.2. The normalized spacial score (nSPS) is 15.8. The maximum absolute atomic E-state index is 2.74. The van der Waals surface area contributed by atoms with Crippen molar-refractivity contribution in [3.05, 3.63) is 177 Å². The van der Waals surface area contributed by atoms with Gasteiger partial charge in [0.1, 0.15) is 0 Å². The molecule has 0 heterocycles. The topological polar surface area (TPSA) is 0 Å². The quantitative estimate of drug-likeness (QED) is 0.114. The molecule has 2 unspecified atom stereocenters. The molecule has 2 aliphatic rings. The van der Waals surface area contributed by atoms with Gasteiger partial charge < -0.3 is 0 Å². The maximum atomic E-state index is 2.74. The number of benzene rings is 6. The fraction of sp³-hybridized carbons (Fsp3) is 0.259. The summed E-state index contributed by atoms with van der Waals surface area (Å²) in [6, 6.07) is 47.2. The molecule has 0 aromatic heterocycles. The second-order valence-corrected chi connectivity index (χ2v) is 37.0. The van der Waals surface area contributed by atoms with Crippen molar-refractivity contribution in [3.8, 4) is 44.5 Å². The van der Waals surface area contributed by atoms with Crippen LogP contribution in [0.5, 0.6) is 0 Å². The van der Waals surface area contributed by atoms with E-state index in [1.807, 2.05) is 0 Å². The fourth-order valence-electron chi connectivity index (χ4n) is 9.66. The molecule has 56 heavy (non-hydrogen) atoms. The van der Waals surface area contributed by atoms with Crippen LogP contribution in [0.2, 0.25) is 13.1 Å². The number of rotatable bonds is 11. The Labute approximate surface area is 345 Å². The summed E-state index contributed by atoms with van der Waals surface area (Å²) in [7, 11) is 0. The Morgan fingerprint density at radius 2 is 0.696 bits per heavy atom. The van der Waals surface area contributed by atoms with Gasteiger partial charge in [0.2, 0.25) is 0 Å². The van der Waals surface area contributed by atoms with E-state index in [0.29, 0.717) is 7.25 Å². The van der Waals surface area contributed by atoms with Crippen LogP contribution >= 0.6 is 0 Å². The summed E-state index contributed by atoms with van der Waals surface area (Å²) in [4.78, 5) is 0. The molecule has 0 aliphatic heterocycles. The minimum absolute atomic E-state index is 0.547. The Balaban J connectivity index is 1.41. The van der Waals surface area contributed by atoms with Crippen molar-refractivity contribution in [2.75, 3.05) is 0 Å². The molecule has 0 radical (unpaired) electrons. The number of aryl methyl sites for hydroxylation is 4. The molecule has 281 valence electrons. The van der Waals surface area contributed by atoms with Crippen LogP contribution in [0.4, 0.5) is 0 Å². The van der Waals surface area contributed by atoms with Crippen molar-refractivity contribution in [3.63, 3.8) is 0 Å². The summed E-state index contributed by atoms with van der Waals surface area (Å²) in [5.74, 6) is -1.16. The van der Waals surface area contributed by atoms with E-state index in [2.05, 4.69) is 188 Å². The van der Waals surface area contributed by atoms with Crippen LogP contribution in [0.3, 0.4) is 0 Å². The van der Waals surface area contributed by atoms with Crippen LogP contribution in [0.15, 0.2) is 132 Å². The van der Waals surface area contributed by atoms with Crippen molar-refractivity contribution in [2.24, 2.45) is 0 Å². The van der Waals surface area contributed by atoms with E-state index in [0.717, 1.165) is 0 Å². The van der Waals surface area contributed by atoms with Gasteiger partial charge in [0.25, 0.3) is 0 Å². The monoisotopic (exact) mass is 823 g/mol. The SMILES string of the molecule is CCCC1=Cc2c(-c3ccc(C)cc3)ccc(-c3ccc(C)cc3)c2[CH]1[Zr]([CH]1C(CCC)=Cc2c(-c3ccc(C)cc3)ccc(-c3ccc(C)cc3)c21)[SiH](C)C. The van der Waals surface area contributed by atoms with E-state index in [1.165, 1.54) is 104 Å². The van der Waals surface area contributed by atoms with E-state index in [9.17, 15) is 0 Å². The number of hydrogen-bond acceptors (Lipinski definition) is 0. The van der Waals surface area contributed by atoms with Crippen molar-refractivity contribution < 1.29 is 20.9 Å². The Morgan fingerprint density at radius 1 is 0.411 bits per heavy atom. The predicted octanol–water partition coefficient (Wildman–Crippen LogP) is 15.4. The van der Waals surface area contributed by atoms with E-state index >= 15 is 0 Å². The molecule has 6 aromatic rings. The van der Waals surface area contributed by atoms with Crippen LogP contribution in [-0.4, -0.2) is 5.92 Å². The van der Waals surface area contributed by atoms with Crippen LogP contribution < -0.4 is 0 Å². The molecule has 0 fully saturated rings. The summed E-state index contributed by atoms with van der Waals surface area (Å²) >= 11 is -2.52. The molecule has 2 aliphatic carbocycles. The van der Waals surface area contributed by atoms with Gasteiger partial charge in [0, 0.05) is 0 Å². The second kappa shape index (κ2) is 16.4. The molecule has 2 atom stereocenters. The van der Waals surface area contributed by atoms with Gasteiger partial charge in [0.05, 0.1) is 0 Å². The third-order valence-electron chi connectivity index (χ3n) is 12.4. The van der Waals surface area contributed by atoms with Crippen LogP contribution in [-0.2, 0) is 20.9 Å². The molecule has 2 heteroatoms. The first kappa shape index (κ1) is 38.8. The third-order valence-corrected chi connectivity index (χ3v) is 34.0. The molecule has 0 spiro atoms. The van der Waals surface area contributed by atoms with Crippen LogP contribution in [0.1, 0.15) is 91.3 Å². The van der Waals surface area contributed by atoms with Crippen LogP contribution in [0, 0.1) is 27.7 Å². The van der Waals surface area contributed by atoms with E-state index in [-0.39, 0.29) is 0 Å². The number of allylic oxidation sites excluding steroid dienone is 2. The number of hydrogen-bond donors (Lipinski definition) is 0. The summed E-state index contributed by atoms with van der Waals surface area (Å²) in [6.45, 7) is 19.1. The van der Waals surface area contributed by atoms with Crippen molar-refractivity contribution in [1.29, 1.82) is 0 Å².